The topological polar surface area (TPSA) is 49.4 Å². The lowest BCUT2D eigenvalue weighted by atomic mass is 9.95. The Morgan fingerprint density at radius 3 is 2.62 bits per heavy atom. The lowest BCUT2D eigenvalue weighted by molar-refractivity contribution is -0.129. The quantitative estimate of drug-likeness (QED) is 0.735. The van der Waals surface area contributed by atoms with Crippen molar-refractivity contribution in [2.75, 3.05) is 11.4 Å². The first-order valence-electron chi connectivity index (χ1n) is 7.10. The van der Waals surface area contributed by atoms with Gasteiger partial charge in [0.15, 0.2) is 0 Å². The molecule has 2 fully saturated rings. The molecule has 1 aliphatic carbocycles. The Labute approximate surface area is 136 Å². The summed E-state index contributed by atoms with van der Waals surface area (Å²) in [7, 11) is 0. The van der Waals surface area contributed by atoms with Gasteiger partial charge in [-0.05, 0) is 53.6 Å². The van der Waals surface area contributed by atoms with Gasteiger partial charge in [-0.25, -0.2) is 4.39 Å². The molecule has 0 radical (unpaired) electrons. The first-order chi connectivity index (χ1) is 10.0. The van der Waals surface area contributed by atoms with Crippen molar-refractivity contribution in [3.05, 3.63) is 27.6 Å². The number of halogens is 2. The standard InChI is InChI=1S/C15H16FIN2O2/c16-10-3-4-12(11(17)9-10)19-8-5-13(20)18-15(14(19)21)6-1-2-7-15/h3-4,9H,1-2,5-8H2,(H,18,20). The maximum absolute atomic E-state index is 13.3. The molecule has 2 amide bonds. The van der Waals surface area contributed by atoms with Gasteiger partial charge in [0.25, 0.3) is 5.91 Å². The molecule has 0 unspecified atom stereocenters. The lowest BCUT2D eigenvalue weighted by Gasteiger charge is -2.32. The molecule has 1 aliphatic heterocycles. The van der Waals surface area contributed by atoms with Gasteiger partial charge in [0.05, 0.1) is 5.69 Å². The van der Waals surface area contributed by atoms with E-state index in [1.54, 1.807) is 11.0 Å². The van der Waals surface area contributed by atoms with Crippen LogP contribution >= 0.6 is 22.6 Å². The second-order valence-electron chi connectivity index (χ2n) is 5.64. The zero-order valence-corrected chi connectivity index (χ0v) is 13.7. The monoisotopic (exact) mass is 402 g/mol. The van der Waals surface area contributed by atoms with Crippen LogP contribution in [-0.2, 0) is 9.59 Å². The van der Waals surface area contributed by atoms with Crippen molar-refractivity contribution >= 4 is 40.1 Å². The summed E-state index contributed by atoms with van der Waals surface area (Å²) >= 11 is 2.03. The average Bonchev–Trinajstić information content (AvgIpc) is 2.85. The van der Waals surface area contributed by atoms with Gasteiger partial charge in [-0.2, -0.15) is 0 Å². The Hall–Kier alpha value is -1.18. The normalized spacial score (nSPS) is 21.5. The molecular formula is C15H16FIN2O2. The number of nitrogens with zero attached hydrogens (tertiary/aromatic N) is 1. The second-order valence-corrected chi connectivity index (χ2v) is 6.80. The molecule has 1 saturated carbocycles. The van der Waals surface area contributed by atoms with Crippen LogP contribution < -0.4 is 10.2 Å². The summed E-state index contributed by atoms with van der Waals surface area (Å²) < 4.78 is 14.0. The number of carbonyl (C=O) groups excluding carboxylic acids is 2. The van der Waals surface area contributed by atoms with Crippen LogP contribution in [0, 0.1) is 9.39 Å². The molecule has 3 rings (SSSR count). The van der Waals surface area contributed by atoms with Crippen molar-refractivity contribution in [2.24, 2.45) is 0 Å². The summed E-state index contributed by atoms with van der Waals surface area (Å²) in [5.74, 6) is -0.463. The molecule has 1 spiro atoms. The van der Waals surface area contributed by atoms with Crippen LogP contribution in [0.2, 0.25) is 0 Å². The number of carbonyl (C=O) groups is 2. The van der Waals surface area contributed by atoms with Crippen molar-refractivity contribution in [3.63, 3.8) is 0 Å². The summed E-state index contributed by atoms with van der Waals surface area (Å²) in [6.45, 7) is 0.341. The first-order valence-corrected chi connectivity index (χ1v) is 8.18. The first kappa shape index (κ1) is 14.7. The van der Waals surface area contributed by atoms with E-state index in [1.807, 2.05) is 22.6 Å². The van der Waals surface area contributed by atoms with E-state index in [-0.39, 0.29) is 24.1 Å². The van der Waals surface area contributed by atoms with Crippen LogP contribution in [0.1, 0.15) is 32.1 Å². The summed E-state index contributed by atoms with van der Waals surface area (Å²) in [6, 6.07) is 4.38. The van der Waals surface area contributed by atoms with Gasteiger partial charge >= 0.3 is 0 Å². The summed E-state index contributed by atoms with van der Waals surface area (Å²) in [5.41, 5.74) is -0.0739. The fraction of sp³-hybridized carbons (Fsp3) is 0.467. The minimum Gasteiger partial charge on any atom is -0.342 e. The van der Waals surface area contributed by atoms with Crippen molar-refractivity contribution in [2.45, 2.75) is 37.6 Å². The third kappa shape index (κ3) is 2.65. The predicted octanol–water partition coefficient (Wildman–Crippen LogP) is 2.60. The Morgan fingerprint density at radius 2 is 1.95 bits per heavy atom. The molecule has 21 heavy (non-hydrogen) atoms. The van der Waals surface area contributed by atoms with Crippen molar-refractivity contribution in [3.8, 4) is 0 Å². The van der Waals surface area contributed by atoms with E-state index < -0.39 is 5.54 Å². The highest BCUT2D eigenvalue weighted by molar-refractivity contribution is 14.1. The number of amides is 2. The van der Waals surface area contributed by atoms with Crippen molar-refractivity contribution in [1.29, 1.82) is 0 Å². The zero-order chi connectivity index (χ0) is 15.0. The molecule has 6 heteroatoms. The van der Waals surface area contributed by atoms with Gasteiger partial charge in [0, 0.05) is 16.5 Å². The molecule has 1 aromatic rings. The molecule has 0 bridgehead atoms. The number of anilines is 1. The molecule has 112 valence electrons. The maximum Gasteiger partial charge on any atom is 0.252 e. The molecule has 1 heterocycles. The van der Waals surface area contributed by atoms with E-state index in [9.17, 15) is 14.0 Å². The van der Waals surface area contributed by atoms with Crippen molar-refractivity contribution < 1.29 is 14.0 Å². The van der Waals surface area contributed by atoms with E-state index in [0.29, 0.717) is 28.6 Å². The Balaban J connectivity index is 2.00. The summed E-state index contributed by atoms with van der Waals surface area (Å²) in [4.78, 5) is 26.6. The Morgan fingerprint density at radius 1 is 1.24 bits per heavy atom. The van der Waals surface area contributed by atoms with Crippen LogP contribution in [-0.4, -0.2) is 23.9 Å². The van der Waals surface area contributed by atoms with Crippen LogP contribution in [0.3, 0.4) is 0 Å². The van der Waals surface area contributed by atoms with Gasteiger partial charge in [-0.1, -0.05) is 12.8 Å². The van der Waals surface area contributed by atoms with E-state index in [2.05, 4.69) is 5.32 Å². The molecule has 2 aliphatic rings. The molecule has 1 N–H and O–H groups in total. The van der Waals surface area contributed by atoms with Crippen LogP contribution in [0.15, 0.2) is 18.2 Å². The SMILES string of the molecule is O=C1CCN(c2ccc(F)cc2I)C(=O)C2(CCCC2)N1. The summed E-state index contributed by atoms with van der Waals surface area (Å²) in [5, 5.41) is 2.93. The van der Waals surface area contributed by atoms with Crippen LogP contribution in [0.4, 0.5) is 10.1 Å². The zero-order valence-electron chi connectivity index (χ0n) is 11.5. The third-order valence-electron chi connectivity index (χ3n) is 4.25. The third-order valence-corrected chi connectivity index (χ3v) is 5.12. The Bertz CT molecular complexity index is 599. The summed E-state index contributed by atoms with van der Waals surface area (Å²) in [6.07, 6.45) is 3.54. The van der Waals surface area contributed by atoms with Gasteiger partial charge in [0.2, 0.25) is 5.91 Å². The molecule has 0 atom stereocenters. The largest absolute Gasteiger partial charge is 0.342 e. The highest BCUT2D eigenvalue weighted by atomic mass is 127. The average molecular weight is 402 g/mol. The fourth-order valence-corrected chi connectivity index (χ4v) is 3.97. The molecule has 4 nitrogen and oxygen atoms in total. The molecular weight excluding hydrogens is 386 g/mol. The number of benzene rings is 1. The number of hydrogen-bond acceptors (Lipinski definition) is 2. The second kappa shape index (κ2) is 5.55. The minimum absolute atomic E-state index is 0.0598. The number of nitrogens with one attached hydrogen (secondary N) is 1. The van der Waals surface area contributed by atoms with Crippen molar-refractivity contribution in [1.82, 2.24) is 5.32 Å². The molecule has 0 aromatic heterocycles. The maximum atomic E-state index is 13.3. The number of rotatable bonds is 1. The predicted molar refractivity (Wildman–Crippen MR) is 85.4 cm³/mol. The van der Waals surface area contributed by atoms with Gasteiger partial charge < -0.3 is 10.2 Å². The molecule has 1 aromatic carbocycles. The molecule has 1 saturated heterocycles. The van der Waals surface area contributed by atoms with E-state index in [1.165, 1.54) is 12.1 Å². The van der Waals surface area contributed by atoms with Gasteiger partial charge in [-0.3, -0.25) is 9.59 Å². The van der Waals surface area contributed by atoms with E-state index >= 15 is 0 Å². The smallest absolute Gasteiger partial charge is 0.252 e. The minimum atomic E-state index is -0.759. The van der Waals surface area contributed by atoms with E-state index in [0.717, 1.165) is 12.8 Å². The van der Waals surface area contributed by atoms with Crippen LogP contribution in [0.25, 0.3) is 0 Å². The highest BCUT2D eigenvalue weighted by Gasteiger charge is 2.46. The fourth-order valence-electron chi connectivity index (χ4n) is 3.20. The highest BCUT2D eigenvalue weighted by Crippen LogP contribution is 2.35. The Kier molecular flexibility index (Phi) is 3.90. The number of hydrogen-bond donors (Lipinski definition) is 1. The van der Waals surface area contributed by atoms with Gasteiger partial charge in [0.1, 0.15) is 11.4 Å². The van der Waals surface area contributed by atoms with E-state index in [4.69, 9.17) is 0 Å². The van der Waals surface area contributed by atoms with Gasteiger partial charge in [-0.15, -0.1) is 0 Å². The lowest BCUT2D eigenvalue weighted by Crippen LogP contribution is -2.55. The van der Waals surface area contributed by atoms with Crippen LogP contribution in [0.5, 0.6) is 0 Å².